The van der Waals surface area contributed by atoms with Gasteiger partial charge in [0.25, 0.3) is 5.91 Å². The lowest BCUT2D eigenvalue weighted by molar-refractivity contribution is -0.137. The highest BCUT2D eigenvalue weighted by atomic mass is 79.9. The molecule has 0 radical (unpaired) electrons. The van der Waals surface area contributed by atoms with Crippen molar-refractivity contribution in [3.05, 3.63) is 46.4 Å². The van der Waals surface area contributed by atoms with Crippen molar-refractivity contribution in [3.63, 3.8) is 0 Å². The molecule has 2 amide bonds. The molecule has 0 aliphatic carbocycles. The van der Waals surface area contributed by atoms with E-state index in [9.17, 15) is 22.8 Å². The number of benzene rings is 2. The van der Waals surface area contributed by atoms with Crippen LogP contribution in [0.4, 0.5) is 30.2 Å². The summed E-state index contributed by atoms with van der Waals surface area (Å²) < 4.78 is 45.3. The molecule has 2 aromatic carbocycles. The molecule has 1 aliphatic heterocycles. The highest BCUT2D eigenvalue weighted by Gasteiger charge is 2.32. The molecule has 0 saturated heterocycles. The summed E-state index contributed by atoms with van der Waals surface area (Å²) in [6, 6.07) is 8.10. The monoisotopic (exact) mass is 471 g/mol. The molecule has 2 aromatic rings. The molecule has 6 nitrogen and oxygen atoms in total. The minimum absolute atomic E-state index is 0.00608. The molecule has 10 heteroatoms. The fraction of sp³-hybridized carbons (Fsp3) is 0.263. The molecule has 1 heterocycles. The number of halogens is 4. The van der Waals surface area contributed by atoms with Gasteiger partial charge in [-0.25, -0.2) is 0 Å². The van der Waals surface area contributed by atoms with Crippen LogP contribution in [0.2, 0.25) is 0 Å². The van der Waals surface area contributed by atoms with Crippen LogP contribution in [0.1, 0.15) is 5.56 Å². The zero-order valence-electron chi connectivity index (χ0n) is 15.5. The van der Waals surface area contributed by atoms with E-state index >= 15 is 0 Å². The number of hydrogen-bond acceptors (Lipinski definition) is 4. The van der Waals surface area contributed by atoms with Gasteiger partial charge in [-0.1, -0.05) is 15.9 Å². The topological polar surface area (TPSA) is 61.9 Å². The summed E-state index contributed by atoms with van der Waals surface area (Å²) in [6.07, 6.45) is -4.54. The quantitative estimate of drug-likeness (QED) is 0.734. The van der Waals surface area contributed by atoms with Gasteiger partial charge in [0.1, 0.15) is 12.3 Å². The van der Waals surface area contributed by atoms with Crippen LogP contribution in [0.3, 0.4) is 0 Å². The van der Waals surface area contributed by atoms with E-state index in [0.29, 0.717) is 17.1 Å². The molecule has 1 aliphatic rings. The second-order valence-electron chi connectivity index (χ2n) is 6.55. The van der Waals surface area contributed by atoms with Gasteiger partial charge in [-0.05, 0) is 36.4 Å². The first-order chi connectivity index (χ1) is 13.6. The Kier molecular flexibility index (Phi) is 5.74. The Balaban J connectivity index is 1.85. The molecule has 29 heavy (non-hydrogen) atoms. The number of carbonyl (C=O) groups excluding carboxylic acids is 2. The van der Waals surface area contributed by atoms with Crippen LogP contribution in [-0.2, 0) is 15.8 Å². The number of alkyl halides is 3. The van der Waals surface area contributed by atoms with Crippen molar-refractivity contribution < 1.29 is 27.5 Å². The number of rotatable bonds is 4. The molecule has 0 spiro atoms. The van der Waals surface area contributed by atoms with Crippen molar-refractivity contribution in [3.8, 4) is 5.75 Å². The standard InChI is InChI=1S/C19H17BrF3N3O3/c1-25(2)14-5-3-11(19(21,22)23)7-13(14)24-17(27)9-26-15-6-4-12(20)8-16(15)29-10-18(26)28/h3-8H,9-10H2,1-2H3,(H,24,27). The van der Waals surface area contributed by atoms with Crippen molar-refractivity contribution >= 4 is 44.8 Å². The van der Waals surface area contributed by atoms with Gasteiger partial charge in [-0.3, -0.25) is 14.5 Å². The minimum atomic E-state index is -4.54. The molecule has 0 atom stereocenters. The van der Waals surface area contributed by atoms with Crippen molar-refractivity contribution in [2.24, 2.45) is 0 Å². The Hall–Kier alpha value is -2.75. The van der Waals surface area contributed by atoms with Crippen molar-refractivity contribution in [1.82, 2.24) is 0 Å². The molecule has 0 unspecified atom stereocenters. The Morgan fingerprint density at radius 1 is 1.24 bits per heavy atom. The van der Waals surface area contributed by atoms with E-state index in [1.165, 1.54) is 11.0 Å². The van der Waals surface area contributed by atoms with Crippen LogP contribution in [0, 0.1) is 0 Å². The van der Waals surface area contributed by atoms with Crippen LogP contribution >= 0.6 is 15.9 Å². The van der Waals surface area contributed by atoms with Gasteiger partial charge in [-0.15, -0.1) is 0 Å². The predicted octanol–water partition coefficient (Wildman–Crippen LogP) is 3.90. The SMILES string of the molecule is CN(C)c1ccc(C(F)(F)F)cc1NC(=O)CN1C(=O)COc2cc(Br)ccc21. The minimum Gasteiger partial charge on any atom is -0.482 e. The van der Waals surface area contributed by atoms with Gasteiger partial charge < -0.3 is 15.0 Å². The lowest BCUT2D eigenvalue weighted by Crippen LogP contribution is -2.43. The summed E-state index contributed by atoms with van der Waals surface area (Å²) in [4.78, 5) is 27.7. The van der Waals surface area contributed by atoms with E-state index < -0.39 is 23.6 Å². The van der Waals surface area contributed by atoms with E-state index in [-0.39, 0.29) is 18.8 Å². The van der Waals surface area contributed by atoms with Gasteiger partial charge in [0.15, 0.2) is 6.61 Å². The molecule has 0 bridgehead atoms. The van der Waals surface area contributed by atoms with Crippen LogP contribution < -0.4 is 19.9 Å². The predicted molar refractivity (Wildman–Crippen MR) is 106 cm³/mol. The van der Waals surface area contributed by atoms with Gasteiger partial charge in [0, 0.05) is 18.6 Å². The molecule has 0 fully saturated rings. The van der Waals surface area contributed by atoms with Gasteiger partial charge in [-0.2, -0.15) is 13.2 Å². The maximum atomic E-state index is 13.1. The van der Waals surface area contributed by atoms with E-state index in [0.717, 1.165) is 16.6 Å². The molecule has 3 rings (SSSR count). The molecule has 1 N–H and O–H groups in total. The number of anilines is 3. The van der Waals surface area contributed by atoms with Gasteiger partial charge >= 0.3 is 6.18 Å². The van der Waals surface area contributed by atoms with E-state index in [1.54, 1.807) is 37.2 Å². The molecule has 154 valence electrons. The Labute approximate surface area is 173 Å². The number of ether oxygens (including phenoxy) is 1. The van der Waals surface area contributed by atoms with Crippen molar-refractivity contribution in [2.45, 2.75) is 6.18 Å². The number of amides is 2. The second-order valence-corrected chi connectivity index (χ2v) is 7.47. The van der Waals surface area contributed by atoms with Crippen LogP contribution in [0.5, 0.6) is 5.75 Å². The number of carbonyl (C=O) groups is 2. The van der Waals surface area contributed by atoms with Gasteiger partial charge in [0.2, 0.25) is 5.91 Å². The normalized spacial score (nSPS) is 13.6. The van der Waals surface area contributed by atoms with Crippen LogP contribution in [-0.4, -0.2) is 39.1 Å². The lowest BCUT2D eigenvalue weighted by atomic mass is 10.1. The molecular weight excluding hydrogens is 455 g/mol. The molecular formula is C19H17BrF3N3O3. The fourth-order valence-corrected chi connectivity index (χ4v) is 3.23. The number of hydrogen-bond donors (Lipinski definition) is 1. The fourth-order valence-electron chi connectivity index (χ4n) is 2.89. The van der Waals surface area contributed by atoms with Crippen molar-refractivity contribution in [1.29, 1.82) is 0 Å². The summed E-state index contributed by atoms with van der Waals surface area (Å²) >= 11 is 3.31. The summed E-state index contributed by atoms with van der Waals surface area (Å²) in [7, 11) is 3.30. The Morgan fingerprint density at radius 3 is 2.62 bits per heavy atom. The van der Waals surface area contributed by atoms with Crippen molar-refractivity contribution in [2.75, 3.05) is 42.4 Å². The van der Waals surface area contributed by atoms with Gasteiger partial charge in [0.05, 0.1) is 22.6 Å². The maximum absolute atomic E-state index is 13.1. The summed E-state index contributed by atoms with van der Waals surface area (Å²) in [5.74, 6) is -0.622. The summed E-state index contributed by atoms with van der Waals surface area (Å²) in [5, 5.41) is 2.49. The second kappa shape index (κ2) is 7.94. The third-order valence-electron chi connectivity index (χ3n) is 4.25. The third-order valence-corrected chi connectivity index (χ3v) is 4.74. The smallest absolute Gasteiger partial charge is 0.416 e. The highest BCUT2D eigenvalue weighted by Crippen LogP contribution is 2.36. The first kappa shape index (κ1) is 21.0. The Morgan fingerprint density at radius 2 is 1.97 bits per heavy atom. The van der Waals surface area contributed by atoms with Crippen LogP contribution in [0.25, 0.3) is 0 Å². The first-order valence-corrected chi connectivity index (χ1v) is 9.26. The number of nitrogens with one attached hydrogen (secondary N) is 1. The lowest BCUT2D eigenvalue weighted by Gasteiger charge is -2.29. The molecule has 0 saturated carbocycles. The maximum Gasteiger partial charge on any atom is 0.416 e. The van der Waals surface area contributed by atoms with E-state index in [1.807, 2.05) is 0 Å². The number of fused-ring (bicyclic) bond motifs is 1. The largest absolute Gasteiger partial charge is 0.482 e. The zero-order chi connectivity index (χ0) is 21.3. The zero-order valence-corrected chi connectivity index (χ0v) is 17.1. The van der Waals surface area contributed by atoms with E-state index in [2.05, 4.69) is 21.2 Å². The summed E-state index contributed by atoms with van der Waals surface area (Å²) in [6.45, 7) is -0.594. The highest BCUT2D eigenvalue weighted by molar-refractivity contribution is 9.10. The number of nitrogens with zero attached hydrogens (tertiary/aromatic N) is 2. The first-order valence-electron chi connectivity index (χ1n) is 8.47. The molecule has 0 aromatic heterocycles. The summed E-state index contributed by atoms with van der Waals surface area (Å²) in [5.41, 5.74) is -0.0527. The average molecular weight is 472 g/mol. The third kappa shape index (κ3) is 4.64. The average Bonchev–Trinajstić information content (AvgIpc) is 2.63. The van der Waals surface area contributed by atoms with E-state index in [4.69, 9.17) is 4.74 Å². The Bertz CT molecular complexity index is 963. The van der Waals surface area contributed by atoms with Crippen LogP contribution in [0.15, 0.2) is 40.9 Å².